The molecule has 0 unspecified atom stereocenters. The van der Waals surface area contributed by atoms with Gasteiger partial charge in [-0.1, -0.05) is 11.6 Å². The summed E-state index contributed by atoms with van der Waals surface area (Å²) in [6.07, 6.45) is 0. The summed E-state index contributed by atoms with van der Waals surface area (Å²) in [7, 11) is 0. The van der Waals surface area contributed by atoms with Gasteiger partial charge in [0.25, 0.3) is 5.91 Å². The monoisotopic (exact) mass is 296 g/mol. The number of halogens is 1. The molecule has 0 aliphatic rings. The molecule has 0 saturated carbocycles. The Kier molecular flexibility index (Phi) is 4.34. The summed E-state index contributed by atoms with van der Waals surface area (Å²) in [5.41, 5.74) is 1.32. The lowest BCUT2D eigenvalue weighted by Crippen LogP contribution is -2.13. The molecule has 0 atom stereocenters. The van der Waals surface area contributed by atoms with Crippen molar-refractivity contribution >= 4 is 39.8 Å². The lowest BCUT2D eigenvalue weighted by Gasteiger charge is -2.06. The van der Waals surface area contributed by atoms with E-state index in [0.29, 0.717) is 23.1 Å². The smallest absolute Gasteiger partial charge is 0.257 e. The molecule has 19 heavy (non-hydrogen) atoms. The first-order chi connectivity index (χ1) is 9.08. The van der Waals surface area contributed by atoms with Crippen molar-refractivity contribution in [2.45, 2.75) is 13.8 Å². The molecule has 2 heterocycles. The van der Waals surface area contributed by atoms with Crippen molar-refractivity contribution in [3.8, 4) is 0 Å². The summed E-state index contributed by atoms with van der Waals surface area (Å²) in [5.74, 6) is 0.327. The van der Waals surface area contributed by atoms with Crippen LogP contribution < -0.4 is 10.6 Å². The van der Waals surface area contributed by atoms with Crippen LogP contribution in [0.25, 0.3) is 0 Å². The van der Waals surface area contributed by atoms with Crippen molar-refractivity contribution in [1.82, 2.24) is 9.97 Å². The first kappa shape index (κ1) is 13.8. The minimum atomic E-state index is -0.252. The van der Waals surface area contributed by atoms with E-state index in [1.54, 1.807) is 6.07 Å². The van der Waals surface area contributed by atoms with Crippen molar-refractivity contribution in [2.24, 2.45) is 0 Å². The van der Waals surface area contributed by atoms with E-state index in [-0.39, 0.29) is 11.1 Å². The van der Waals surface area contributed by atoms with E-state index in [0.717, 1.165) is 5.69 Å². The number of carbonyl (C=O) groups is 1. The highest BCUT2D eigenvalue weighted by Gasteiger charge is 2.11. The van der Waals surface area contributed by atoms with Crippen LogP contribution in [0.5, 0.6) is 0 Å². The molecule has 0 bridgehead atoms. The van der Waals surface area contributed by atoms with Crippen LogP contribution in [0.15, 0.2) is 17.5 Å². The maximum atomic E-state index is 12.1. The first-order valence-electron chi connectivity index (χ1n) is 5.73. The van der Waals surface area contributed by atoms with Crippen molar-refractivity contribution in [2.75, 3.05) is 17.2 Å². The number of amides is 1. The van der Waals surface area contributed by atoms with E-state index < -0.39 is 0 Å². The SMILES string of the molecule is CCNc1cc(C(=O)Nc2nc(C)cs2)cc(Cl)n1. The quantitative estimate of drug-likeness (QED) is 0.850. The zero-order chi connectivity index (χ0) is 13.8. The maximum Gasteiger partial charge on any atom is 0.257 e. The van der Waals surface area contributed by atoms with Crippen LogP contribution in [0.4, 0.5) is 10.9 Å². The number of rotatable bonds is 4. The van der Waals surface area contributed by atoms with Gasteiger partial charge in [0.15, 0.2) is 5.13 Å². The van der Waals surface area contributed by atoms with Crippen LogP contribution in [0, 0.1) is 6.92 Å². The Balaban J connectivity index is 2.18. The molecular formula is C12H13ClN4OS. The van der Waals surface area contributed by atoms with Crippen LogP contribution in [0.2, 0.25) is 5.15 Å². The Morgan fingerprint density at radius 2 is 2.21 bits per heavy atom. The molecule has 0 aliphatic heterocycles. The van der Waals surface area contributed by atoms with Crippen LogP contribution in [0.1, 0.15) is 23.0 Å². The van der Waals surface area contributed by atoms with E-state index in [1.807, 2.05) is 19.2 Å². The van der Waals surface area contributed by atoms with Crippen LogP contribution in [-0.4, -0.2) is 22.4 Å². The topological polar surface area (TPSA) is 66.9 Å². The number of thiazole rings is 1. The lowest BCUT2D eigenvalue weighted by molar-refractivity contribution is 0.102. The van der Waals surface area contributed by atoms with Gasteiger partial charge in [-0.05, 0) is 26.0 Å². The average Bonchev–Trinajstić information content (AvgIpc) is 2.74. The molecule has 0 saturated heterocycles. The maximum absolute atomic E-state index is 12.1. The molecule has 1 amide bonds. The van der Waals surface area contributed by atoms with E-state index >= 15 is 0 Å². The van der Waals surface area contributed by atoms with Gasteiger partial charge in [-0.3, -0.25) is 10.1 Å². The molecule has 2 aromatic rings. The molecule has 0 spiro atoms. The lowest BCUT2D eigenvalue weighted by atomic mass is 10.2. The van der Waals surface area contributed by atoms with Crippen molar-refractivity contribution < 1.29 is 4.79 Å². The fraction of sp³-hybridized carbons (Fsp3) is 0.250. The van der Waals surface area contributed by atoms with Gasteiger partial charge in [0.05, 0.1) is 5.69 Å². The van der Waals surface area contributed by atoms with Gasteiger partial charge in [-0.15, -0.1) is 11.3 Å². The Morgan fingerprint density at radius 1 is 1.42 bits per heavy atom. The van der Waals surface area contributed by atoms with Gasteiger partial charge in [-0.25, -0.2) is 9.97 Å². The number of nitrogens with one attached hydrogen (secondary N) is 2. The number of carbonyl (C=O) groups excluding carboxylic acids is 1. The predicted octanol–water partition coefficient (Wildman–Crippen LogP) is 3.18. The summed E-state index contributed by atoms with van der Waals surface area (Å²) >= 11 is 7.28. The molecule has 2 rings (SSSR count). The third-order valence-corrected chi connectivity index (χ3v) is 3.32. The highest BCUT2D eigenvalue weighted by molar-refractivity contribution is 7.13. The van der Waals surface area contributed by atoms with Gasteiger partial charge in [-0.2, -0.15) is 0 Å². The van der Waals surface area contributed by atoms with Crippen LogP contribution in [-0.2, 0) is 0 Å². The Labute approximate surface area is 120 Å². The minimum Gasteiger partial charge on any atom is -0.370 e. The molecule has 2 aromatic heterocycles. The van der Waals surface area contributed by atoms with Crippen molar-refractivity contribution in [1.29, 1.82) is 0 Å². The second-order valence-electron chi connectivity index (χ2n) is 3.84. The number of nitrogens with zero attached hydrogens (tertiary/aromatic N) is 2. The number of hydrogen-bond donors (Lipinski definition) is 2. The Morgan fingerprint density at radius 3 is 2.84 bits per heavy atom. The summed E-state index contributed by atoms with van der Waals surface area (Å²) in [4.78, 5) is 20.3. The largest absolute Gasteiger partial charge is 0.370 e. The summed E-state index contributed by atoms with van der Waals surface area (Å²) in [5, 5.41) is 8.47. The number of hydrogen-bond acceptors (Lipinski definition) is 5. The number of aromatic nitrogens is 2. The minimum absolute atomic E-state index is 0.252. The van der Waals surface area contributed by atoms with Crippen molar-refractivity contribution in [3.05, 3.63) is 33.9 Å². The molecule has 2 N–H and O–H groups in total. The van der Waals surface area contributed by atoms with E-state index in [9.17, 15) is 4.79 Å². The normalized spacial score (nSPS) is 10.3. The van der Waals surface area contributed by atoms with Gasteiger partial charge < -0.3 is 5.32 Å². The Hall–Kier alpha value is -1.66. The fourth-order valence-electron chi connectivity index (χ4n) is 1.48. The van der Waals surface area contributed by atoms with Gasteiger partial charge in [0.2, 0.25) is 0 Å². The Bertz CT molecular complexity index is 599. The van der Waals surface area contributed by atoms with Gasteiger partial charge in [0, 0.05) is 17.5 Å². The third kappa shape index (κ3) is 3.65. The van der Waals surface area contributed by atoms with Crippen LogP contribution in [0.3, 0.4) is 0 Å². The van der Waals surface area contributed by atoms with Gasteiger partial charge >= 0.3 is 0 Å². The van der Waals surface area contributed by atoms with Crippen molar-refractivity contribution in [3.63, 3.8) is 0 Å². The summed E-state index contributed by atoms with van der Waals surface area (Å²) in [6, 6.07) is 3.18. The molecule has 0 radical (unpaired) electrons. The standard InChI is InChI=1S/C12H13ClN4OS/c1-3-14-10-5-8(4-9(13)16-10)11(18)17-12-15-7(2)6-19-12/h4-6H,3H2,1-2H3,(H,14,16)(H,15,17,18). The zero-order valence-corrected chi connectivity index (χ0v) is 12.1. The zero-order valence-electron chi connectivity index (χ0n) is 10.5. The van der Waals surface area contributed by atoms with Crippen LogP contribution >= 0.6 is 22.9 Å². The summed E-state index contributed by atoms with van der Waals surface area (Å²) < 4.78 is 0. The predicted molar refractivity (Wildman–Crippen MR) is 78.2 cm³/mol. The van der Waals surface area contributed by atoms with E-state index in [2.05, 4.69) is 20.6 Å². The summed E-state index contributed by atoms with van der Waals surface area (Å²) in [6.45, 7) is 4.53. The average molecular weight is 297 g/mol. The van der Waals surface area contributed by atoms with Gasteiger partial charge in [0.1, 0.15) is 11.0 Å². The first-order valence-corrected chi connectivity index (χ1v) is 6.99. The molecule has 100 valence electrons. The van der Waals surface area contributed by atoms with E-state index in [1.165, 1.54) is 17.4 Å². The highest BCUT2D eigenvalue weighted by Crippen LogP contribution is 2.18. The highest BCUT2D eigenvalue weighted by atomic mass is 35.5. The number of anilines is 2. The third-order valence-electron chi connectivity index (χ3n) is 2.25. The molecular weight excluding hydrogens is 284 g/mol. The number of aryl methyl sites for hydroxylation is 1. The molecule has 7 heteroatoms. The molecule has 0 fully saturated rings. The molecule has 5 nitrogen and oxygen atoms in total. The number of pyridine rings is 1. The molecule has 0 aliphatic carbocycles. The molecule has 0 aromatic carbocycles. The van der Waals surface area contributed by atoms with E-state index in [4.69, 9.17) is 11.6 Å². The second-order valence-corrected chi connectivity index (χ2v) is 5.09. The second kappa shape index (κ2) is 5.99. The fourth-order valence-corrected chi connectivity index (χ4v) is 2.37.